The van der Waals surface area contributed by atoms with Crippen molar-refractivity contribution in [3.63, 3.8) is 0 Å². The number of carbonyl (C=O) groups is 1. The number of aliphatic hydroxyl groups excluding tert-OH is 4. The van der Waals surface area contributed by atoms with Gasteiger partial charge in [-0.15, -0.1) is 0 Å². The third kappa shape index (κ3) is 14.1. The Hall–Kier alpha value is -2.37. The quantitative estimate of drug-likeness (QED) is 0.101. The Labute approximate surface area is 312 Å². The van der Waals surface area contributed by atoms with Crippen molar-refractivity contribution in [2.75, 3.05) is 0 Å². The Morgan fingerprint density at radius 1 is 0.962 bits per heavy atom. The summed E-state index contributed by atoms with van der Waals surface area (Å²) in [5.74, 6) is -0.0700. The van der Waals surface area contributed by atoms with E-state index >= 15 is 0 Å². The summed E-state index contributed by atoms with van der Waals surface area (Å²) >= 11 is 0. The molecule has 13 unspecified atom stereocenters. The maximum atomic E-state index is 13.1. The Bertz CT molecular complexity index is 1300. The van der Waals surface area contributed by atoms with Crippen molar-refractivity contribution in [3.8, 4) is 0 Å². The summed E-state index contributed by atoms with van der Waals surface area (Å²) in [6.07, 6.45) is 18.4. The Morgan fingerprint density at radius 2 is 1.67 bits per heavy atom. The van der Waals surface area contributed by atoms with Crippen LogP contribution in [0.1, 0.15) is 112 Å². The van der Waals surface area contributed by atoms with Crippen LogP contribution in [-0.4, -0.2) is 93.5 Å². The van der Waals surface area contributed by atoms with Crippen molar-refractivity contribution in [2.24, 2.45) is 11.8 Å². The lowest BCUT2D eigenvalue weighted by Crippen LogP contribution is -2.31. The van der Waals surface area contributed by atoms with E-state index in [1.807, 2.05) is 64.2 Å². The van der Waals surface area contributed by atoms with Gasteiger partial charge in [-0.2, -0.15) is 0 Å². The number of aliphatic hydroxyl groups is 4. The Balaban J connectivity index is 1.44. The van der Waals surface area contributed by atoms with Crippen molar-refractivity contribution in [2.45, 2.75) is 179 Å². The van der Waals surface area contributed by atoms with Gasteiger partial charge in [0.15, 0.2) is 0 Å². The number of epoxide rings is 1. The lowest BCUT2D eigenvalue weighted by molar-refractivity contribution is -0.147. The first-order valence-corrected chi connectivity index (χ1v) is 19.7. The Kier molecular flexibility index (Phi) is 17.0. The standard InChI is InChI=1S/C43H66O9/c1-7-11-27(2)20-32(44)15-14-29(4)22-40-43-42(52-43)39-19-18-35(50-39)25-34-16-17-36(49-34)26-38(47)37(46)24-31(6)30(5)23-33(45)21-28(3)12-9-8-10-13-41(48)51-40/h7-9,11-12,14-15,22,27,30,32-40,42-47H,6,10,13,16-21,23-26H2,1-5H3. The van der Waals surface area contributed by atoms with E-state index in [-0.39, 0.29) is 67.3 Å². The third-order valence-electron chi connectivity index (χ3n) is 10.9. The summed E-state index contributed by atoms with van der Waals surface area (Å²) in [6, 6.07) is 0. The van der Waals surface area contributed by atoms with Crippen LogP contribution in [0.2, 0.25) is 0 Å². The second kappa shape index (κ2) is 20.9. The molecule has 4 aliphatic heterocycles. The van der Waals surface area contributed by atoms with Crippen LogP contribution in [0.4, 0.5) is 0 Å². The van der Waals surface area contributed by atoms with Gasteiger partial charge in [0.1, 0.15) is 18.3 Å². The normalized spacial score (nSPS) is 37.8. The molecule has 4 rings (SSSR count). The van der Waals surface area contributed by atoms with Gasteiger partial charge < -0.3 is 39.4 Å². The molecule has 4 aliphatic rings. The molecule has 0 aliphatic carbocycles. The molecule has 3 saturated heterocycles. The van der Waals surface area contributed by atoms with E-state index in [0.29, 0.717) is 32.1 Å². The monoisotopic (exact) mass is 726 g/mol. The van der Waals surface area contributed by atoms with Crippen molar-refractivity contribution >= 4 is 5.97 Å². The fourth-order valence-electron chi connectivity index (χ4n) is 7.78. The molecule has 0 saturated carbocycles. The predicted molar refractivity (Wildman–Crippen MR) is 203 cm³/mol. The van der Waals surface area contributed by atoms with Gasteiger partial charge in [-0.25, -0.2) is 0 Å². The molecule has 4 N–H and O–H groups in total. The topological polar surface area (TPSA) is 138 Å². The van der Waals surface area contributed by atoms with Gasteiger partial charge in [0.2, 0.25) is 0 Å². The smallest absolute Gasteiger partial charge is 0.306 e. The second-order valence-electron chi connectivity index (χ2n) is 15.9. The van der Waals surface area contributed by atoms with Crippen LogP contribution in [0.25, 0.3) is 0 Å². The molecule has 0 amide bonds. The molecule has 9 nitrogen and oxygen atoms in total. The van der Waals surface area contributed by atoms with Crippen LogP contribution in [0, 0.1) is 11.8 Å². The van der Waals surface area contributed by atoms with E-state index in [1.54, 1.807) is 6.08 Å². The molecule has 0 aromatic carbocycles. The van der Waals surface area contributed by atoms with Gasteiger partial charge in [0.05, 0.1) is 48.8 Å². The molecule has 13 atom stereocenters. The van der Waals surface area contributed by atoms with Crippen LogP contribution >= 0.6 is 0 Å². The Morgan fingerprint density at radius 3 is 2.42 bits per heavy atom. The number of carbonyl (C=O) groups excluding carboxylic acids is 1. The van der Waals surface area contributed by atoms with Crippen molar-refractivity contribution < 1.29 is 44.2 Å². The van der Waals surface area contributed by atoms with Crippen LogP contribution < -0.4 is 0 Å². The molecular weight excluding hydrogens is 660 g/mol. The van der Waals surface area contributed by atoms with Crippen molar-refractivity contribution in [1.82, 2.24) is 0 Å². The molecule has 0 aromatic rings. The summed E-state index contributed by atoms with van der Waals surface area (Å²) in [5.41, 5.74) is 2.69. The van der Waals surface area contributed by atoms with Gasteiger partial charge >= 0.3 is 5.97 Å². The number of esters is 1. The molecular formula is C43H66O9. The van der Waals surface area contributed by atoms with E-state index in [4.69, 9.17) is 18.9 Å². The average Bonchev–Trinajstić information content (AvgIpc) is 3.53. The van der Waals surface area contributed by atoms with Crippen LogP contribution in [0.3, 0.4) is 0 Å². The highest BCUT2D eigenvalue weighted by Gasteiger charge is 2.53. The molecule has 0 radical (unpaired) electrons. The molecule has 3 fully saturated rings. The van der Waals surface area contributed by atoms with E-state index in [0.717, 1.165) is 48.8 Å². The van der Waals surface area contributed by atoms with E-state index in [1.165, 1.54) is 0 Å². The fraction of sp³-hybridized carbons (Fsp3) is 0.698. The largest absolute Gasteiger partial charge is 0.455 e. The summed E-state index contributed by atoms with van der Waals surface area (Å²) in [4.78, 5) is 13.1. The summed E-state index contributed by atoms with van der Waals surface area (Å²) in [5, 5.41) is 42.9. The summed E-state index contributed by atoms with van der Waals surface area (Å²) in [6.45, 7) is 14.1. The van der Waals surface area contributed by atoms with Gasteiger partial charge in [0, 0.05) is 12.8 Å². The third-order valence-corrected chi connectivity index (χ3v) is 10.9. The van der Waals surface area contributed by atoms with Crippen molar-refractivity contribution in [3.05, 3.63) is 71.9 Å². The zero-order valence-electron chi connectivity index (χ0n) is 32.1. The van der Waals surface area contributed by atoms with Gasteiger partial charge in [-0.1, -0.05) is 79.7 Å². The number of cyclic esters (lactones) is 1. The first-order chi connectivity index (χ1) is 24.8. The lowest BCUT2D eigenvalue weighted by atomic mass is 9.88. The first kappa shape index (κ1) is 42.4. The molecule has 52 heavy (non-hydrogen) atoms. The maximum absolute atomic E-state index is 13.1. The van der Waals surface area contributed by atoms with E-state index in [9.17, 15) is 25.2 Å². The minimum Gasteiger partial charge on any atom is -0.455 e. The molecule has 0 spiro atoms. The molecule has 292 valence electrons. The van der Waals surface area contributed by atoms with Gasteiger partial charge in [0.25, 0.3) is 0 Å². The van der Waals surface area contributed by atoms with Gasteiger partial charge in [-0.05, 0) is 103 Å². The predicted octanol–water partition coefficient (Wildman–Crippen LogP) is 6.75. The summed E-state index contributed by atoms with van der Waals surface area (Å²) < 4.78 is 25.0. The highest BCUT2D eigenvalue weighted by molar-refractivity contribution is 5.70. The second-order valence-corrected chi connectivity index (χ2v) is 15.9. The zero-order chi connectivity index (χ0) is 37.8. The van der Waals surface area contributed by atoms with Gasteiger partial charge in [-0.3, -0.25) is 4.79 Å². The average molecular weight is 727 g/mol. The first-order valence-electron chi connectivity index (χ1n) is 19.7. The number of rotatable bonds is 6. The fourth-order valence-corrected chi connectivity index (χ4v) is 7.78. The lowest BCUT2D eigenvalue weighted by Gasteiger charge is -2.25. The molecule has 4 heterocycles. The minimum absolute atomic E-state index is 0.0188. The number of hydrogen-bond donors (Lipinski definition) is 4. The number of ether oxygens (including phenoxy) is 4. The van der Waals surface area contributed by atoms with Crippen LogP contribution in [0.5, 0.6) is 0 Å². The van der Waals surface area contributed by atoms with Crippen molar-refractivity contribution in [1.29, 1.82) is 0 Å². The number of fused-ring (bicyclic) bond motifs is 6. The number of hydrogen-bond acceptors (Lipinski definition) is 9. The van der Waals surface area contributed by atoms with Crippen LogP contribution in [0.15, 0.2) is 71.9 Å². The maximum Gasteiger partial charge on any atom is 0.306 e. The van der Waals surface area contributed by atoms with E-state index < -0.39 is 30.5 Å². The van der Waals surface area contributed by atoms with E-state index in [2.05, 4.69) is 19.6 Å². The minimum atomic E-state index is -0.937. The molecule has 0 aromatic heterocycles. The van der Waals surface area contributed by atoms with Crippen LogP contribution in [-0.2, 0) is 23.7 Å². The molecule has 9 heteroatoms. The number of allylic oxidation sites excluding steroid dienone is 7. The molecule has 4 bridgehead atoms. The summed E-state index contributed by atoms with van der Waals surface area (Å²) in [7, 11) is 0. The SMILES string of the molecule is C=C1CC(O)C(O)CC2CCC(CC3CCC(O3)C3OC3C(C=C(C)C=CC(O)CC(C)C=CC)OC(=O)CCC=CC=C(C)CC(O)CC1C)O2. The highest BCUT2D eigenvalue weighted by atomic mass is 16.7. The zero-order valence-corrected chi connectivity index (χ0v) is 32.1. The highest BCUT2D eigenvalue weighted by Crippen LogP contribution is 2.40.